The Labute approximate surface area is 172 Å². The maximum absolute atomic E-state index is 9.42. The van der Waals surface area contributed by atoms with E-state index in [2.05, 4.69) is 39.8 Å². The predicted octanol–water partition coefficient (Wildman–Crippen LogP) is 4.63. The molecule has 0 bridgehead atoms. The number of hydrogen-bond donors (Lipinski definition) is 0. The second-order valence-corrected chi connectivity index (χ2v) is 8.49. The molecule has 3 aromatic heterocycles. The second-order valence-electron chi connectivity index (χ2n) is 7.77. The van der Waals surface area contributed by atoms with Crippen molar-refractivity contribution >= 4 is 33.3 Å². The van der Waals surface area contributed by atoms with Gasteiger partial charge in [-0.3, -0.25) is 4.98 Å². The van der Waals surface area contributed by atoms with Crippen molar-refractivity contribution in [3.63, 3.8) is 0 Å². The summed E-state index contributed by atoms with van der Waals surface area (Å²) in [6.45, 7) is 4.27. The van der Waals surface area contributed by atoms with Crippen molar-refractivity contribution in [1.82, 2.24) is 19.5 Å². The number of ether oxygens (including phenoxy) is 1. The Balaban J connectivity index is 1.77. The number of rotatable bonds is 3. The zero-order chi connectivity index (χ0) is 20.0. The molecule has 0 amide bonds. The van der Waals surface area contributed by atoms with Crippen molar-refractivity contribution in [3.8, 4) is 6.07 Å². The van der Waals surface area contributed by atoms with Gasteiger partial charge in [0, 0.05) is 23.2 Å². The minimum absolute atomic E-state index is 0.191. The lowest BCUT2D eigenvalue weighted by atomic mass is 9.98. The number of fused-ring (bicyclic) bond motifs is 3. The van der Waals surface area contributed by atoms with Gasteiger partial charge in [0.15, 0.2) is 0 Å². The Morgan fingerprint density at radius 1 is 1.21 bits per heavy atom. The number of pyridine rings is 1. The Kier molecular flexibility index (Phi) is 4.53. The zero-order valence-corrected chi connectivity index (χ0v) is 17.2. The van der Waals surface area contributed by atoms with Crippen LogP contribution in [0.3, 0.4) is 0 Å². The fraction of sp³-hybridized carbons (Fsp3) is 0.364. The quantitative estimate of drug-likeness (QED) is 0.498. The fourth-order valence-electron chi connectivity index (χ4n) is 4.48. The third-order valence-corrected chi connectivity index (χ3v) is 6.21. The number of thiazole rings is 1. The summed E-state index contributed by atoms with van der Waals surface area (Å²) < 4.78 is 8.37. The molecule has 2 atom stereocenters. The highest BCUT2D eigenvalue weighted by Crippen LogP contribution is 2.36. The van der Waals surface area contributed by atoms with E-state index >= 15 is 0 Å². The molecule has 0 aliphatic carbocycles. The molecule has 0 N–H and O–H groups in total. The van der Waals surface area contributed by atoms with Gasteiger partial charge in [-0.15, -0.1) is 11.3 Å². The van der Waals surface area contributed by atoms with Gasteiger partial charge in [-0.05, 0) is 44.9 Å². The first kappa shape index (κ1) is 18.2. The molecule has 1 aliphatic rings. The van der Waals surface area contributed by atoms with Gasteiger partial charge in [0.05, 0.1) is 52.3 Å². The van der Waals surface area contributed by atoms with E-state index < -0.39 is 0 Å². The third kappa shape index (κ3) is 3.28. The van der Waals surface area contributed by atoms with Crippen LogP contribution in [-0.2, 0) is 11.2 Å². The van der Waals surface area contributed by atoms with Gasteiger partial charge in [-0.1, -0.05) is 0 Å². The molecule has 0 spiro atoms. The smallest absolute Gasteiger partial charge is 0.116 e. The highest BCUT2D eigenvalue weighted by Gasteiger charge is 2.29. The van der Waals surface area contributed by atoms with Gasteiger partial charge >= 0.3 is 0 Å². The Hall–Kier alpha value is -2.82. The van der Waals surface area contributed by atoms with E-state index in [1.54, 1.807) is 11.3 Å². The van der Waals surface area contributed by atoms with E-state index in [1.807, 2.05) is 29.9 Å². The molecule has 1 saturated heterocycles. The number of nitriles is 1. The van der Waals surface area contributed by atoms with Crippen LogP contribution in [0.5, 0.6) is 0 Å². The summed E-state index contributed by atoms with van der Waals surface area (Å²) >= 11 is 1.60. The number of imidazole rings is 1. The minimum Gasteiger partial charge on any atom is -0.375 e. The summed E-state index contributed by atoms with van der Waals surface area (Å²) in [5.41, 5.74) is 6.32. The van der Waals surface area contributed by atoms with Gasteiger partial charge < -0.3 is 9.30 Å². The molecule has 2 unspecified atom stereocenters. The van der Waals surface area contributed by atoms with Crippen LogP contribution in [0.4, 0.5) is 0 Å². The number of benzene rings is 1. The van der Waals surface area contributed by atoms with Crippen LogP contribution in [0, 0.1) is 11.3 Å². The Morgan fingerprint density at radius 2 is 2.03 bits per heavy atom. The number of nitrogens with zero attached hydrogens (tertiary/aromatic N) is 5. The molecule has 29 heavy (non-hydrogen) atoms. The normalized spacial score (nSPS) is 22.2. The summed E-state index contributed by atoms with van der Waals surface area (Å²) in [5.74, 6) is 0.994. The molecule has 7 heteroatoms. The van der Waals surface area contributed by atoms with Crippen LogP contribution < -0.4 is 0 Å². The van der Waals surface area contributed by atoms with Crippen LogP contribution in [0.25, 0.3) is 21.9 Å². The summed E-state index contributed by atoms with van der Waals surface area (Å²) in [5, 5.41) is 12.5. The van der Waals surface area contributed by atoms with Crippen molar-refractivity contribution in [3.05, 3.63) is 52.4 Å². The van der Waals surface area contributed by atoms with Crippen LogP contribution in [0.15, 0.2) is 35.3 Å². The van der Waals surface area contributed by atoms with Gasteiger partial charge in [-0.25, -0.2) is 9.97 Å². The number of aromatic nitrogens is 4. The Morgan fingerprint density at radius 3 is 2.76 bits per heavy atom. The first-order valence-electron chi connectivity index (χ1n) is 9.84. The van der Waals surface area contributed by atoms with Crippen molar-refractivity contribution in [2.75, 3.05) is 0 Å². The first-order chi connectivity index (χ1) is 14.1. The summed E-state index contributed by atoms with van der Waals surface area (Å²) in [6.07, 6.45) is 4.77. The van der Waals surface area contributed by atoms with E-state index in [1.165, 1.54) is 0 Å². The van der Waals surface area contributed by atoms with E-state index in [4.69, 9.17) is 9.72 Å². The molecule has 6 nitrogen and oxygen atoms in total. The molecule has 0 radical (unpaired) electrons. The SMILES string of the molecule is CC1CC(n2c(Cc3cscn3)nc3cnc4ccc(C#N)cc4c32)CC(C)O1. The Bertz CT molecular complexity index is 1210. The van der Waals surface area contributed by atoms with Crippen LogP contribution in [0.2, 0.25) is 0 Å². The molecule has 146 valence electrons. The lowest BCUT2D eigenvalue weighted by Crippen LogP contribution is -2.31. The molecular weight excluding hydrogens is 382 g/mol. The lowest BCUT2D eigenvalue weighted by molar-refractivity contribution is -0.0484. The molecule has 4 aromatic rings. The van der Waals surface area contributed by atoms with Crippen molar-refractivity contribution in [2.24, 2.45) is 0 Å². The average molecular weight is 404 g/mol. The summed E-state index contributed by atoms with van der Waals surface area (Å²) in [6, 6.07) is 8.20. The maximum atomic E-state index is 9.42. The van der Waals surface area contributed by atoms with E-state index in [0.717, 1.165) is 46.3 Å². The summed E-state index contributed by atoms with van der Waals surface area (Å²) in [7, 11) is 0. The summed E-state index contributed by atoms with van der Waals surface area (Å²) in [4.78, 5) is 14.0. The van der Waals surface area contributed by atoms with Gasteiger partial charge in [-0.2, -0.15) is 5.26 Å². The highest BCUT2D eigenvalue weighted by molar-refractivity contribution is 7.07. The molecular formula is C22H21N5OS. The van der Waals surface area contributed by atoms with Crippen LogP contribution in [-0.4, -0.2) is 31.7 Å². The molecule has 1 aromatic carbocycles. The number of hydrogen-bond acceptors (Lipinski definition) is 6. The molecule has 4 heterocycles. The first-order valence-corrected chi connectivity index (χ1v) is 10.8. The predicted molar refractivity (Wildman–Crippen MR) is 113 cm³/mol. The second kappa shape index (κ2) is 7.21. The van der Waals surface area contributed by atoms with Gasteiger partial charge in [0.1, 0.15) is 11.3 Å². The van der Waals surface area contributed by atoms with Crippen LogP contribution >= 0.6 is 11.3 Å². The van der Waals surface area contributed by atoms with Gasteiger partial charge in [0.25, 0.3) is 0 Å². The van der Waals surface area contributed by atoms with Crippen molar-refractivity contribution in [2.45, 2.75) is 51.4 Å². The standard InChI is InChI=1S/C22H21N5OS/c1-13-5-17(6-14(2)28-13)27-21(8-16-11-29-12-25-16)26-20-10-24-19-4-3-15(9-23)7-18(19)22(20)27/h3-4,7,10-14,17H,5-6,8H2,1-2H3. The van der Waals surface area contributed by atoms with Crippen LogP contribution in [0.1, 0.15) is 49.8 Å². The topological polar surface area (TPSA) is 76.6 Å². The van der Waals surface area contributed by atoms with E-state index in [9.17, 15) is 5.26 Å². The lowest BCUT2D eigenvalue weighted by Gasteiger charge is -2.34. The molecule has 5 rings (SSSR count). The van der Waals surface area contributed by atoms with Crippen molar-refractivity contribution < 1.29 is 4.74 Å². The fourth-order valence-corrected chi connectivity index (χ4v) is 5.04. The largest absolute Gasteiger partial charge is 0.375 e. The molecule has 1 aliphatic heterocycles. The third-order valence-electron chi connectivity index (χ3n) is 5.58. The average Bonchev–Trinajstić information content (AvgIpc) is 3.34. The van der Waals surface area contributed by atoms with Crippen molar-refractivity contribution in [1.29, 1.82) is 5.26 Å². The van der Waals surface area contributed by atoms with E-state index in [-0.39, 0.29) is 18.2 Å². The van der Waals surface area contributed by atoms with Gasteiger partial charge in [0.2, 0.25) is 0 Å². The minimum atomic E-state index is 0.191. The van der Waals surface area contributed by atoms with E-state index in [0.29, 0.717) is 12.0 Å². The monoisotopic (exact) mass is 403 g/mol. The molecule has 0 saturated carbocycles. The molecule has 1 fully saturated rings. The highest BCUT2D eigenvalue weighted by atomic mass is 32.1. The maximum Gasteiger partial charge on any atom is 0.116 e. The zero-order valence-electron chi connectivity index (χ0n) is 16.4.